The van der Waals surface area contributed by atoms with Crippen LogP contribution in [0.25, 0.3) is 0 Å². The Morgan fingerprint density at radius 1 is 1.29 bits per heavy atom. The summed E-state index contributed by atoms with van der Waals surface area (Å²) < 4.78 is 0. The van der Waals surface area contributed by atoms with Crippen molar-refractivity contribution >= 4 is 11.3 Å². The van der Waals surface area contributed by atoms with E-state index in [0.717, 1.165) is 12.8 Å². The predicted octanol–water partition coefficient (Wildman–Crippen LogP) is 3.05. The molecular weight excluding hydrogens is 228 g/mol. The summed E-state index contributed by atoms with van der Waals surface area (Å²) >= 11 is 1.77. The smallest absolute Gasteiger partial charge is 0.0965 e. The predicted molar refractivity (Wildman–Crippen MR) is 71.3 cm³/mol. The van der Waals surface area contributed by atoms with Crippen LogP contribution in [0, 0.1) is 0 Å². The first kappa shape index (κ1) is 10.9. The maximum Gasteiger partial charge on any atom is 0.0965 e. The summed E-state index contributed by atoms with van der Waals surface area (Å²) in [5.74, 6) is 0.560. The summed E-state index contributed by atoms with van der Waals surface area (Å²) in [6.07, 6.45) is 4.19. The molecule has 0 fully saturated rings. The van der Waals surface area contributed by atoms with Gasteiger partial charge in [-0.3, -0.25) is 0 Å². The molecule has 0 aliphatic heterocycles. The molecular formula is C14H16N2S. The van der Waals surface area contributed by atoms with E-state index in [1.807, 2.05) is 13.1 Å². The quantitative estimate of drug-likeness (QED) is 0.882. The number of benzene rings is 1. The van der Waals surface area contributed by atoms with Gasteiger partial charge in [0.05, 0.1) is 5.01 Å². The Balaban J connectivity index is 1.84. The highest BCUT2D eigenvalue weighted by Crippen LogP contribution is 2.36. The van der Waals surface area contributed by atoms with Gasteiger partial charge in [0, 0.05) is 23.0 Å². The van der Waals surface area contributed by atoms with Crippen molar-refractivity contribution in [3.63, 3.8) is 0 Å². The van der Waals surface area contributed by atoms with Gasteiger partial charge in [0.2, 0.25) is 0 Å². The van der Waals surface area contributed by atoms with E-state index in [0.29, 0.717) is 5.92 Å². The summed E-state index contributed by atoms with van der Waals surface area (Å²) in [5.41, 5.74) is 8.84. The monoisotopic (exact) mass is 244 g/mol. The van der Waals surface area contributed by atoms with Crippen LogP contribution >= 0.6 is 11.3 Å². The normalized spacial score (nSPS) is 17.1. The zero-order valence-electron chi connectivity index (χ0n) is 9.89. The summed E-state index contributed by atoms with van der Waals surface area (Å²) in [6, 6.07) is 8.81. The minimum atomic E-state index is 0.102. The molecule has 1 atom stereocenters. The number of hydrogen-bond donors (Lipinski definition) is 1. The van der Waals surface area contributed by atoms with Gasteiger partial charge in [0.1, 0.15) is 0 Å². The topological polar surface area (TPSA) is 38.9 Å². The van der Waals surface area contributed by atoms with E-state index in [1.165, 1.54) is 21.0 Å². The standard InChI is InChI=1S/C14H16N2S/c1-9(15)13-8-16-14(17-13)12-6-10-4-2-3-5-11(10)7-12/h2-5,8-9,12H,6-7,15H2,1H3. The van der Waals surface area contributed by atoms with Gasteiger partial charge >= 0.3 is 0 Å². The van der Waals surface area contributed by atoms with Crippen molar-refractivity contribution in [2.24, 2.45) is 5.73 Å². The zero-order valence-corrected chi connectivity index (χ0v) is 10.7. The molecule has 3 rings (SSSR count). The lowest BCUT2D eigenvalue weighted by atomic mass is 10.1. The van der Waals surface area contributed by atoms with Gasteiger partial charge in [0.15, 0.2) is 0 Å². The highest BCUT2D eigenvalue weighted by Gasteiger charge is 2.25. The molecule has 2 aromatic rings. The van der Waals surface area contributed by atoms with E-state index in [-0.39, 0.29) is 6.04 Å². The largest absolute Gasteiger partial charge is 0.323 e. The Labute approximate surface area is 106 Å². The van der Waals surface area contributed by atoms with Crippen molar-refractivity contribution in [1.82, 2.24) is 4.98 Å². The fraction of sp³-hybridized carbons (Fsp3) is 0.357. The Bertz CT molecular complexity index is 506. The molecule has 0 amide bonds. The molecule has 0 radical (unpaired) electrons. The third-order valence-electron chi connectivity index (χ3n) is 3.39. The molecule has 0 saturated heterocycles. The van der Waals surface area contributed by atoms with E-state index < -0.39 is 0 Å². The average molecular weight is 244 g/mol. The van der Waals surface area contributed by atoms with Crippen LogP contribution in [-0.2, 0) is 12.8 Å². The van der Waals surface area contributed by atoms with E-state index in [2.05, 4.69) is 29.2 Å². The second kappa shape index (κ2) is 4.24. The Morgan fingerprint density at radius 3 is 2.47 bits per heavy atom. The molecule has 1 aliphatic carbocycles. The maximum absolute atomic E-state index is 5.88. The van der Waals surface area contributed by atoms with Gasteiger partial charge in [0.25, 0.3) is 0 Å². The van der Waals surface area contributed by atoms with Crippen molar-refractivity contribution in [2.75, 3.05) is 0 Å². The van der Waals surface area contributed by atoms with E-state index in [9.17, 15) is 0 Å². The molecule has 1 aromatic heterocycles. The Morgan fingerprint density at radius 2 is 1.94 bits per heavy atom. The molecule has 88 valence electrons. The third kappa shape index (κ3) is 2.01. The number of nitrogens with two attached hydrogens (primary N) is 1. The number of nitrogens with zero attached hydrogens (tertiary/aromatic N) is 1. The van der Waals surface area contributed by atoms with Crippen LogP contribution in [0.1, 0.15) is 39.9 Å². The van der Waals surface area contributed by atoms with Crippen molar-refractivity contribution in [3.05, 3.63) is 51.5 Å². The van der Waals surface area contributed by atoms with Gasteiger partial charge in [-0.2, -0.15) is 0 Å². The molecule has 17 heavy (non-hydrogen) atoms. The molecule has 1 unspecified atom stereocenters. The van der Waals surface area contributed by atoms with Crippen LogP contribution in [0.2, 0.25) is 0 Å². The van der Waals surface area contributed by atoms with Gasteiger partial charge in [-0.15, -0.1) is 11.3 Å². The van der Waals surface area contributed by atoms with Gasteiger partial charge in [-0.05, 0) is 30.9 Å². The molecule has 1 heterocycles. The maximum atomic E-state index is 5.88. The summed E-state index contributed by atoms with van der Waals surface area (Å²) in [4.78, 5) is 5.73. The second-order valence-electron chi connectivity index (χ2n) is 4.76. The number of fused-ring (bicyclic) bond motifs is 1. The molecule has 1 aliphatic rings. The van der Waals surface area contributed by atoms with E-state index >= 15 is 0 Å². The van der Waals surface area contributed by atoms with Crippen LogP contribution in [0.3, 0.4) is 0 Å². The van der Waals surface area contributed by atoms with Crippen molar-refractivity contribution in [3.8, 4) is 0 Å². The first-order chi connectivity index (χ1) is 8.24. The highest BCUT2D eigenvalue weighted by molar-refractivity contribution is 7.11. The van der Waals surface area contributed by atoms with Crippen LogP contribution in [0.4, 0.5) is 0 Å². The SMILES string of the molecule is CC(N)c1cnc(C2Cc3ccccc3C2)s1. The molecule has 0 bridgehead atoms. The zero-order chi connectivity index (χ0) is 11.8. The van der Waals surface area contributed by atoms with Crippen LogP contribution in [0.15, 0.2) is 30.5 Å². The molecule has 2 nitrogen and oxygen atoms in total. The number of thiazole rings is 1. The molecule has 0 spiro atoms. The fourth-order valence-corrected chi connectivity index (χ4v) is 3.40. The van der Waals surface area contributed by atoms with Crippen LogP contribution in [-0.4, -0.2) is 4.98 Å². The molecule has 0 saturated carbocycles. The third-order valence-corrected chi connectivity index (χ3v) is 4.75. The summed E-state index contributed by atoms with van der Waals surface area (Å²) in [5, 5.41) is 1.24. The number of rotatable bonds is 2. The Kier molecular flexibility index (Phi) is 2.73. The van der Waals surface area contributed by atoms with Crippen LogP contribution < -0.4 is 5.73 Å². The first-order valence-electron chi connectivity index (χ1n) is 6.02. The van der Waals surface area contributed by atoms with E-state index in [4.69, 9.17) is 5.73 Å². The van der Waals surface area contributed by atoms with Crippen molar-refractivity contribution < 1.29 is 0 Å². The highest BCUT2D eigenvalue weighted by atomic mass is 32.1. The number of aromatic nitrogens is 1. The Hall–Kier alpha value is -1.19. The van der Waals surface area contributed by atoms with Gasteiger partial charge in [-0.25, -0.2) is 4.98 Å². The summed E-state index contributed by atoms with van der Waals surface area (Å²) in [7, 11) is 0. The minimum Gasteiger partial charge on any atom is -0.323 e. The van der Waals surface area contributed by atoms with Crippen molar-refractivity contribution in [2.45, 2.75) is 31.7 Å². The lowest BCUT2D eigenvalue weighted by molar-refractivity contribution is 0.734. The lowest BCUT2D eigenvalue weighted by Gasteiger charge is -2.03. The minimum absolute atomic E-state index is 0.102. The summed E-state index contributed by atoms with van der Waals surface area (Å²) in [6.45, 7) is 2.01. The fourth-order valence-electron chi connectivity index (χ4n) is 2.43. The lowest BCUT2D eigenvalue weighted by Crippen LogP contribution is -2.01. The molecule has 3 heteroatoms. The molecule has 2 N–H and O–H groups in total. The van der Waals surface area contributed by atoms with Gasteiger partial charge < -0.3 is 5.73 Å². The average Bonchev–Trinajstić information content (AvgIpc) is 2.95. The molecule has 1 aromatic carbocycles. The van der Waals surface area contributed by atoms with Gasteiger partial charge in [-0.1, -0.05) is 24.3 Å². The van der Waals surface area contributed by atoms with Crippen LogP contribution in [0.5, 0.6) is 0 Å². The second-order valence-corrected chi connectivity index (χ2v) is 5.86. The van der Waals surface area contributed by atoms with E-state index in [1.54, 1.807) is 11.3 Å². The number of hydrogen-bond acceptors (Lipinski definition) is 3. The first-order valence-corrected chi connectivity index (χ1v) is 6.83. The van der Waals surface area contributed by atoms with Crippen molar-refractivity contribution in [1.29, 1.82) is 0 Å².